The zero-order valence-corrected chi connectivity index (χ0v) is 11.1. The van der Waals surface area contributed by atoms with Crippen molar-refractivity contribution in [2.24, 2.45) is 0 Å². The molecule has 1 unspecified atom stereocenters. The Morgan fingerprint density at radius 2 is 2.39 bits per heavy atom. The number of nitrogens with one attached hydrogen (secondary N) is 1. The zero-order chi connectivity index (χ0) is 12.4. The number of benzene rings is 1. The summed E-state index contributed by atoms with van der Waals surface area (Å²) in [6.07, 6.45) is 2.68. The van der Waals surface area contributed by atoms with Gasteiger partial charge in [0, 0.05) is 38.5 Å². The normalized spacial score (nSPS) is 24.4. The molecule has 0 radical (unpaired) electrons. The molecule has 2 aliphatic rings. The van der Waals surface area contributed by atoms with E-state index in [1.54, 1.807) is 0 Å². The van der Waals surface area contributed by atoms with Gasteiger partial charge in [0.05, 0.1) is 6.10 Å². The van der Waals surface area contributed by atoms with Gasteiger partial charge >= 0.3 is 0 Å². The molecule has 1 N–H and O–H groups in total. The van der Waals surface area contributed by atoms with Crippen LogP contribution in [0.25, 0.3) is 0 Å². The molecule has 0 aromatic heterocycles. The molecule has 3 nitrogen and oxygen atoms in total. The van der Waals surface area contributed by atoms with Crippen LogP contribution >= 0.6 is 0 Å². The van der Waals surface area contributed by atoms with Gasteiger partial charge in [-0.25, -0.2) is 0 Å². The Morgan fingerprint density at radius 1 is 1.44 bits per heavy atom. The Bertz CT molecular complexity index is 419. The largest absolute Gasteiger partial charge is 0.384 e. The highest BCUT2D eigenvalue weighted by Crippen LogP contribution is 2.23. The van der Waals surface area contributed by atoms with Crippen molar-refractivity contribution < 1.29 is 4.74 Å². The molecule has 0 spiro atoms. The van der Waals surface area contributed by atoms with E-state index in [0.717, 1.165) is 39.2 Å². The van der Waals surface area contributed by atoms with Crippen LogP contribution in [-0.2, 0) is 17.7 Å². The molecule has 3 rings (SSSR count). The van der Waals surface area contributed by atoms with Crippen LogP contribution in [-0.4, -0.2) is 37.2 Å². The van der Waals surface area contributed by atoms with Crippen LogP contribution in [0.1, 0.15) is 24.5 Å². The number of anilines is 1. The van der Waals surface area contributed by atoms with E-state index in [2.05, 4.69) is 35.3 Å². The van der Waals surface area contributed by atoms with E-state index in [-0.39, 0.29) is 0 Å². The fraction of sp³-hybridized carbons (Fsp3) is 0.600. The maximum absolute atomic E-state index is 5.69. The smallest absolute Gasteiger partial charge is 0.0674 e. The summed E-state index contributed by atoms with van der Waals surface area (Å²) in [5, 5.41) is 3.41. The number of fused-ring (bicyclic) bond motifs is 1. The van der Waals surface area contributed by atoms with Crippen molar-refractivity contribution in [1.29, 1.82) is 0 Å². The molecule has 0 aliphatic carbocycles. The fourth-order valence-electron chi connectivity index (χ4n) is 2.94. The van der Waals surface area contributed by atoms with Crippen LogP contribution in [0.4, 0.5) is 5.69 Å². The third kappa shape index (κ3) is 2.68. The van der Waals surface area contributed by atoms with Crippen molar-refractivity contribution in [1.82, 2.24) is 4.90 Å². The van der Waals surface area contributed by atoms with Gasteiger partial charge in [0.25, 0.3) is 0 Å². The van der Waals surface area contributed by atoms with Crippen molar-refractivity contribution >= 4 is 5.69 Å². The number of hydrogen-bond donors (Lipinski definition) is 1. The molecule has 1 aromatic rings. The van der Waals surface area contributed by atoms with E-state index >= 15 is 0 Å². The maximum atomic E-state index is 5.69. The second-order valence-electron chi connectivity index (χ2n) is 5.44. The number of rotatable bonds is 2. The maximum Gasteiger partial charge on any atom is 0.0674 e. The minimum atomic E-state index is 0.364. The second-order valence-corrected chi connectivity index (χ2v) is 5.44. The van der Waals surface area contributed by atoms with Gasteiger partial charge in [-0.1, -0.05) is 12.1 Å². The lowest BCUT2D eigenvalue weighted by Crippen LogP contribution is -2.29. The van der Waals surface area contributed by atoms with Gasteiger partial charge in [0.1, 0.15) is 0 Å². The van der Waals surface area contributed by atoms with Gasteiger partial charge < -0.3 is 10.1 Å². The van der Waals surface area contributed by atoms with Crippen LogP contribution in [0.5, 0.6) is 0 Å². The third-order valence-electron chi connectivity index (χ3n) is 3.82. The molecule has 98 valence electrons. The van der Waals surface area contributed by atoms with Crippen LogP contribution in [0.3, 0.4) is 0 Å². The molecule has 3 heteroatoms. The first kappa shape index (κ1) is 12.0. The first-order valence-electron chi connectivity index (χ1n) is 7.01. The number of hydrogen-bond acceptors (Lipinski definition) is 3. The zero-order valence-electron chi connectivity index (χ0n) is 11.1. The van der Waals surface area contributed by atoms with E-state index in [1.807, 2.05) is 0 Å². The highest BCUT2D eigenvalue weighted by atomic mass is 16.5. The average molecular weight is 246 g/mol. The molecule has 0 bridgehead atoms. The van der Waals surface area contributed by atoms with Crippen molar-refractivity contribution in [3.63, 3.8) is 0 Å². The topological polar surface area (TPSA) is 24.5 Å². The van der Waals surface area contributed by atoms with Crippen LogP contribution < -0.4 is 5.32 Å². The van der Waals surface area contributed by atoms with E-state index < -0.39 is 0 Å². The molecular formula is C15H22N2O. The van der Waals surface area contributed by atoms with Crippen LogP contribution in [0.15, 0.2) is 18.2 Å². The Kier molecular flexibility index (Phi) is 3.52. The molecule has 18 heavy (non-hydrogen) atoms. The molecule has 0 saturated carbocycles. The van der Waals surface area contributed by atoms with E-state index in [9.17, 15) is 0 Å². The van der Waals surface area contributed by atoms with E-state index in [4.69, 9.17) is 4.74 Å². The molecule has 2 heterocycles. The predicted octanol–water partition coefficient (Wildman–Crippen LogP) is 2.27. The Hall–Kier alpha value is -1.06. The Labute approximate surface area is 109 Å². The summed E-state index contributed by atoms with van der Waals surface area (Å²) in [5.74, 6) is 0. The predicted molar refractivity (Wildman–Crippen MR) is 73.9 cm³/mol. The lowest BCUT2D eigenvalue weighted by Gasteiger charge is -2.22. The van der Waals surface area contributed by atoms with Gasteiger partial charge in [-0.15, -0.1) is 0 Å². The SMILES string of the molecule is CC1CN(Cc2ccc3c(c2)CCN3)CCCO1. The summed E-state index contributed by atoms with van der Waals surface area (Å²) < 4.78 is 5.69. The molecule has 2 aliphatic heterocycles. The number of nitrogens with zero attached hydrogens (tertiary/aromatic N) is 1. The second kappa shape index (κ2) is 5.29. The van der Waals surface area contributed by atoms with Gasteiger partial charge in [-0.2, -0.15) is 0 Å². The van der Waals surface area contributed by atoms with Crippen molar-refractivity contribution in [3.8, 4) is 0 Å². The van der Waals surface area contributed by atoms with Crippen molar-refractivity contribution in [3.05, 3.63) is 29.3 Å². The Balaban J connectivity index is 1.68. The van der Waals surface area contributed by atoms with Crippen molar-refractivity contribution in [2.45, 2.75) is 32.4 Å². The summed E-state index contributed by atoms with van der Waals surface area (Å²) in [7, 11) is 0. The molecule has 1 saturated heterocycles. The first-order valence-corrected chi connectivity index (χ1v) is 7.01. The number of ether oxygens (including phenoxy) is 1. The first-order chi connectivity index (χ1) is 8.81. The minimum absolute atomic E-state index is 0.364. The standard InChI is InChI=1S/C15H22N2O/c1-12-10-17(7-2-8-18-12)11-13-3-4-15-14(9-13)5-6-16-15/h3-4,9,12,16H,2,5-8,10-11H2,1H3. The fourth-order valence-corrected chi connectivity index (χ4v) is 2.94. The summed E-state index contributed by atoms with van der Waals surface area (Å²) in [6.45, 7) is 7.43. The van der Waals surface area contributed by atoms with E-state index in [0.29, 0.717) is 6.10 Å². The van der Waals surface area contributed by atoms with Gasteiger partial charge in [-0.05, 0) is 37.0 Å². The molecule has 0 amide bonds. The van der Waals surface area contributed by atoms with Crippen molar-refractivity contribution in [2.75, 3.05) is 31.6 Å². The summed E-state index contributed by atoms with van der Waals surface area (Å²) in [6, 6.07) is 6.86. The molecule has 1 atom stereocenters. The molecule has 1 fully saturated rings. The lowest BCUT2D eigenvalue weighted by atomic mass is 10.1. The summed E-state index contributed by atoms with van der Waals surface area (Å²) in [4.78, 5) is 2.52. The highest BCUT2D eigenvalue weighted by Gasteiger charge is 2.16. The highest BCUT2D eigenvalue weighted by molar-refractivity contribution is 5.56. The molecule has 1 aromatic carbocycles. The Morgan fingerprint density at radius 3 is 3.33 bits per heavy atom. The summed E-state index contributed by atoms with van der Waals surface area (Å²) >= 11 is 0. The van der Waals surface area contributed by atoms with Gasteiger partial charge in [-0.3, -0.25) is 4.90 Å². The van der Waals surface area contributed by atoms with Crippen LogP contribution in [0.2, 0.25) is 0 Å². The van der Waals surface area contributed by atoms with Crippen LogP contribution in [0, 0.1) is 0 Å². The van der Waals surface area contributed by atoms with Gasteiger partial charge in [0.15, 0.2) is 0 Å². The summed E-state index contributed by atoms with van der Waals surface area (Å²) in [5.41, 5.74) is 4.24. The average Bonchev–Trinajstić information content (AvgIpc) is 2.72. The molecular weight excluding hydrogens is 224 g/mol. The lowest BCUT2D eigenvalue weighted by molar-refractivity contribution is 0.0668. The third-order valence-corrected chi connectivity index (χ3v) is 3.82. The van der Waals surface area contributed by atoms with Gasteiger partial charge in [0.2, 0.25) is 0 Å². The monoisotopic (exact) mass is 246 g/mol. The minimum Gasteiger partial charge on any atom is -0.384 e. The van der Waals surface area contributed by atoms with E-state index in [1.165, 1.54) is 23.2 Å². The quantitative estimate of drug-likeness (QED) is 0.866.